The number of hydrazone groups is 1. The van der Waals surface area contributed by atoms with Crippen molar-refractivity contribution in [1.29, 1.82) is 0 Å². The van der Waals surface area contributed by atoms with Crippen LogP contribution in [-0.4, -0.2) is 35.6 Å². The number of hydrogen-bond donors (Lipinski definition) is 2. The Bertz CT molecular complexity index is 701. The van der Waals surface area contributed by atoms with Gasteiger partial charge in [-0.15, -0.1) is 0 Å². The molecule has 0 fully saturated rings. The summed E-state index contributed by atoms with van der Waals surface area (Å²) in [5, 5.41) is 6.72. The predicted molar refractivity (Wildman–Crippen MR) is 78.7 cm³/mol. The van der Waals surface area contributed by atoms with Gasteiger partial charge < -0.3 is 4.74 Å². The van der Waals surface area contributed by atoms with E-state index in [2.05, 4.69) is 20.4 Å². The molecule has 110 valence electrons. The molecular weight excluding hydrogens is 272 g/mol. The Morgan fingerprint density at radius 2 is 2.14 bits per heavy atom. The van der Waals surface area contributed by atoms with Crippen LogP contribution in [0.25, 0.3) is 5.69 Å². The van der Waals surface area contributed by atoms with Crippen molar-refractivity contribution in [2.75, 3.05) is 13.7 Å². The Labute approximate surface area is 121 Å². The topological polar surface area (TPSA) is 88.5 Å². The third kappa shape index (κ3) is 3.46. The van der Waals surface area contributed by atoms with Crippen LogP contribution in [0.15, 0.2) is 40.2 Å². The first-order chi connectivity index (χ1) is 10.1. The van der Waals surface area contributed by atoms with Gasteiger partial charge in [0.25, 0.3) is 11.5 Å². The van der Waals surface area contributed by atoms with Crippen LogP contribution in [-0.2, 0) is 9.53 Å². The number of benzene rings is 1. The molecule has 0 saturated carbocycles. The van der Waals surface area contributed by atoms with E-state index in [9.17, 15) is 9.59 Å². The highest BCUT2D eigenvalue weighted by Gasteiger charge is 2.10. The maximum absolute atomic E-state index is 12.3. The maximum atomic E-state index is 12.3. The van der Waals surface area contributed by atoms with Crippen LogP contribution < -0.4 is 11.0 Å². The van der Waals surface area contributed by atoms with Crippen LogP contribution in [0.5, 0.6) is 0 Å². The number of H-pyrrole nitrogens is 1. The fraction of sp³-hybridized carbons (Fsp3) is 0.214. The number of aromatic nitrogens is 2. The third-order valence-electron chi connectivity index (χ3n) is 2.79. The number of carbonyl (C=O) groups is 1. The second-order valence-electron chi connectivity index (χ2n) is 4.35. The number of methoxy groups -OCH3 is 1. The number of nitrogens with zero attached hydrogens (tertiary/aromatic N) is 2. The molecule has 0 spiro atoms. The summed E-state index contributed by atoms with van der Waals surface area (Å²) in [6.07, 6.45) is 1.32. The van der Waals surface area contributed by atoms with Gasteiger partial charge in [-0.2, -0.15) is 5.10 Å². The molecule has 1 heterocycles. The Kier molecular flexibility index (Phi) is 4.68. The first kappa shape index (κ1) is 14.7. The van der Waals surface area contributed by atoms with E-state index in [1.54, 1.807) is 6.92 Å². The van der Waals surface area contributed by atoms with Crippen molar-refractivity contribution in [1.82, 2.24) is 15.2 Å². The summed E-state index contributed by atoms with van der Waals surface area (Å²) in [6.45, 7) is 1.68. The van der Waals surface area contributed by atoms with Crippen molar-refractivity contribution in [2.45, 2.75) is 6.92 Å². The number of ether oxygens (including phenoxy) is 1. The Morgan fingerprint density at radius 3 is 2.81 bits per heavy atom. The summed E-state index contributed by atoms with van der Waals surface area (Å²) < 4.78 is 6.08. The summed E-state index contributed by atoms with van der Waals surface area (Å²) in [5.41, 5.74) is 3.82. The zero-order chi connectivity index (χ0) is 15.2. The molecule has 21 heavy (non-hydrogen) atoms. The maximum Gasteiger partial charge on any atom is 0.280 e. The number of nitrogens with one attached hydrogen (secondary N) is 2. The smallest absolute Gasteiger partial charge is 0.280 e. The van der Waals surface area contributed by atoms with E-state index in [1.165, 1.54) is 18.0 Å². The third-order valence-corrected chi connectivity index (χ3v) is 2.79. The molecule has 7 nitrogen and oxygen atoms in total. The molecule has 1 aromatic carbocycles. The quantitative estimate of drug-likeness (QED) is 0.623. The molecule has 0 saturated heterocycles. The molecule has 2 N–H and O–H groups in total. The molecule has 2 aromatic rings. The normalized spacial score (nSPS) is 11.0. The van der Waals surface area contributed by atoms with E-state index in [-0.39, 0.29) is 18.1 Å². The molecule has 0 bridgehead atoms. The van der Waals surface area contributed by atoms with Gasteiger partial charge in [-0.05, 0) is 19.1 Å². The van der Waals surface area contributed by atoms with Crippen LogP contribution in [0.1, 0.15) is 11.3 Å². The molecule has 2 rings (SSSR count). The van der Waals surface area contributed by atoms with Gasteiger partial charge in [0.05, 0.1) is 17.5 Å². The standard InChI is InChI=1S/C14H16N4O3/c1-10-12(8-15-16-13(19)9-21-2)14(20)18(17-10)11-6-4-3-5-7-11/h3-8,17H,9H2,1-2H3,(H,16,19)/b15-8-. The molecule has 0 atom stereocenters. The van der Waals surface area contributed by atoms with E-state index < -0.39 is 0 Å². The average molecular weight is 288 g/mol. The highest BCUT2D eigenvalue weighted by molar-refractivity contribution is 5.83. The lowest BCUT2D eigenvalue weighted by molar-refractivity contribution is -0.124. The van der Waals surface area contributed by atoms with E-state index in [4.69, 9.17) is 0 Å². The van der Waals surface area contributed by atoms with E-state index >= 15 is 0 Å². The highest BCUT2D eigenvalue weighted by atomic mass is 16.5. The largest absolute Gasteiger partial charge is 0.375 e. The number of carbonyl (C=O) groups excluding carboxylic acids is 1. The van der Waals surface area contributed by atoms with Gasteiger partial charge in [-0.3, -0.25) is 14.7 Å². The molecule has 0 aliphatic carbocycles. The van der Waals surface area contributed by atoms with Crippen molar-refractivity contribution >= 4 is 12.1 Å². The van der Waals surface area contributed by atoms with Gasteiger partial charge in [0.2, 0.25) is 0 Å². The molecule has 0 radical (unpaired) electrons. The lowest BCUT2D eigenvalue weighted by Gasteiger charge is -1.99. The minimum absolute atomic E-state index is 0.0856. The predicted octanol–water partition coefficient (Wildman–Crippen LogP) is 0.571. The first-order valence-corrected chi connectivity index (χ1v) is 6.31. The van der Waals surface area contributed by atoms with Crippen molar-refractivity contribution in [2.24, 2.45) is 5.10 Å². The Balaban J connectivity index is 2.23. The summed E-state index contributed by atoms with van der Waals surface area (Å²) in [6, 6.07) is 9.20. The van der Waals surface area contributed by atoms with Crippen molar-refractivity contribution < 1.29 is 9.53 Å². The number of aromatic amines is 1. The van der Waals surface area contributed by atoms with Gasteiger partial charge in [0, 0.05) is 12.8 Å². The molecular formula is C14H16N4O3. The lowest BCUT2D eigenvalue weighted by Crippen LogP contribution is -2.23. The van der Waals surface area contributed by atoms with E-state index in [0.717, 1.165) is 5.69 Å². The van der Waals surface area contributed by atoms with Crippen molar-refractivity contribution in [3.05, 3.63) is 51.9 Å². The van der Waals surface area contributed by atoms with Gasteiger partial charge >= 0.3 is 0 Å². The molecule has 1 amide bonds. The Hall–Kier alpha value is -2.67. The summed E-state index contributed by atoms with van der Waals surface area (Å²) in [4.78, 5) is 23.5. The Morgan fingerprint density at radius 1 is 1.43 bits per heavy atom. The number of para-hydroxylation sites is 1. The fourth-order valence-electron chi connectivity index (χ4n) is 1.80. The van der Waals surface area contributed by atoms with Gasteiger partial charge in [0.15, 0.2) is 0 Å². The minimum atomic E-state index is -0.384. The van der Waals surface area contributed by atoms with Crippen LogP contribution >= 0.6 is 0 Å². The fourth-order valence-corrected chi connectivity index (χ4v) is 1.80. The first-order valence-electron chi connectivity index (χ1n) is 6.31. The number of rotatable bonds is 5. The monoisotopic (exact) mass is 288 g/mol. The van der Waals surface area contributed by atoms with Crippen LogP contribution in [0.2, 0.25) is 0 Å². The van der Waals surface area contributed by atoms with Gasteiger partial charge in [-0.25, -0.2) is 10.1 Å². The average Bonchev–Trinajstić information content (AvgIpc) is 2.76. The van der Waals surface area contributed by atoms with E-state index in [1.807, 2.05) is 30.3 Å². The number of hydrogen-bond acceptors (Lipinski definition) is 4. The van der Waals surface area contributed by atoms with E-state index in [0.29, 0.717) is 11.3 Å². The molecule has 0 unspecified atom stereocenters. The SMILES string of the molecule is COCC(=O)N/N=C\c1c(C)[nH]n(-c2ccccc2)c1=O. The zero-order valence-electron chi connectivity index (χ0n) is 11.8. The summed E-state index contributed by atoms with van der Waals surface area (Å²) in [7, 11) is 1.41. The molecule has 1 aromatic heterocycles. The summed E-state index contributed by atoms with van der Waals surface area (Å²) in [5.74, 6) is -0.384. The van der Waals surface area contributed by atoms with Crippen molar-refractivity contribution in [3.63, 3.8) is 0 Å². The minimum Gasteiger partial charge on any atom is -0.375 e. The lowest BCUT2D eigenvalue weighted by atomic mass is 10.3. The molecule has 0 aliphatic heterocycles. The molecule has 7 heteroatoms. The second-order valence-corrected chi connectivity index (χ2v) is 4.35. The van der Waals surface area contributed by atoms with Crippen LogP contribution in [0.3, 0.4) is 0 Å². The summed E-state index contributed by atoms with van der Waals surface area (Å²) >= 11 is 0. The van der Waals surface area contributed by atoms with Crippen LogP contribution in [0, 0.1) is 6.92 Å². The van der Waals surface area contributed by atoms with Crippen molar-refractivity contribution in [3.8, 4) is 5.69 Å². The highest BCUT2D eigenvalue weighted by Crippen LogP contribution is 2.05. The molecule has 0 aliphatic rings. The van der Waals surface area contributed by atoms with Crippen LogP contribution in [0.4, 0.5) is 0 Å². The zero-order valence-corrected chi connectivity index (χ0v) is 11.8. The van der Waals surface area contributed by atoms with Gasteiger partial charge in [0.1, 0.15) is 6.61 Å². The number of amides is 1. The van der Waals surface area contributed by atoms with Gasteiger partial charge in [-0.1, -0.05) is 18.2 Å². The second kappa shape index (κ2) is 6.67. The number of aryl methyl sites for hydroxylation is 1.